The van der Waals surface area contributed by atoms with Crippen LogP contribution in [0.5, 0.6) is 0 Å². The maximum absolute atomic E-state index is 6.25. The molecule has 4 atom stereocenters. The van der Waals surface area contributed by atoms with Crippen LogP contribution in [0.4, 0.5) is 0 Å². The molecule has 0 bridgehead atoms. The minimum Gasteiger partial charge on any atom is -0.341 e. The molecule has 0 aromatic carbocycles. The molecule has 3 aliphatic rings. The van der Waals surface area contributed by atoms with Gasteiger partial charge in [0, 0.05) is 12.0 Å². The smallest absolute Gasteiger partial charge is 0.167 e. The number of ether oxygens (including phenoxy) is 3. The Morgan fingerprint density at radius 1 is 1.17 bits per heavy atom. The van der Waals surface area contributed by atoms with Gasteiger partial charge in [-0.05, 0) is 26.7 Å². The molecule has 2 aliphatic heterocycles. The second-order valence-electron chi connectivity index (χ2n) is 8.77. The molecule has 4 heterocycles. The fraction of sp³-hybridized carbons (Fsp3) is 0.667. The quantitative estimate of drug-likeness (QED) is 0.792. The minimum absolute atomic E-state index is 0.145. The van der Waals surface area contributed by atoms with Gasteiger partial charge in [0.1, 0.15) is 30.2 Å². The summed E-state index contributed by atoms with van der Waals surface area (Å²) in [6, 6.07) is 0. The Morgan fingerprint density at radius 2 is 1.93 bits per heavy atom. The van der Waals surface area contributed by atoms with E-state index in [9.17, 15) is 0 Å². The molecule has 0 spiro atoms. The molecule has 0 radical (unpaired) electrons. The standard InChI is InChI=1S/C21H27N5O3/c1-4-13-15-16(29-20(2,3)28-15)19(27-13)26-12-25-14-17(23-11-24-18(14)26)21(10-22)8-6-5-7-9-21/h1,11-13,15-16,19H,5-10,22H2,2-3H3/t13-,15-,16-,19-/m1/s1. The zero-order valence-corrected chi connectivity index (χ0v) is 16.9. The summed E-state index contributed by atoms with van der Waals surface area (Å²) in [6.07, 6.45) is 13.0. The number of hydrogen-bond acceptors (Lipinski definition) is 7. The lowest BCUT2D eigenvalue weighted by molar-refractivity contribution is -0.190. The van der Waals surface area contributed by atoms with Crippen LogP contribution in [0.3, 0.4) is 0 Å². The molecule has 1 aliphatic carbocycles. The van der Waals surface area contributed by atoms with E-state index in [-0.39, 0.29) is 17.6 Å². The van der Waals surface area contributed by atoms with Gasteiger partial charge in [-0.3, -0.25) is 4.57 Å². The van der Waals surface area contributed by atoms with Gasteiger partial charge in [-0.15, -0.1) is 6.42 Å². The van der Waals surface area contributed by atoms with Crippen LogP contribution in [0.1, 0.15) is 57.9 Å². The SMILES string of the molecule is C#C[C@H]1O[C@@H](n2cnc3c(C4(CN)CCCCC4)ncnc32)[C@@H]2OC(C)(C)O[C@@H]21. The minimum atomic E-state index is -0.714. The van der Waals surface area contributed by atoms with E-state index in [1.165, 1.54) is 6.42 Å². The first-order valence-electron chi connectivity index (χ1n) is 10.3. The van der Waals surface area contributed by atoms with Gasteiger partial charge in [-0.25, -0.2) is 15.0 Å². The molecule has 154 valence electrons. The summed E-state index contributed by atoms with van der Waals surface area (Å²) in [4.78, 5) is 13.9. The predicted molar refractivity (Wildman–Crippen MR) is 106 cm³/mol. The average molecular weight is 397 g/mol. The molecule has 8 nitrogen and oxygen atoms in total. The lowest BCUT2D eigenvalue weighted by Gasteiger charge is -2.35. The van der Waals surface area contributed by atoms with E-state index in [0.29, 0.717) is 12.2 Å². The molecule has 2 saturated heterocycles. The second kappa shape index (κ2) is 6.74. The van der Waals surface area contributed by atoms with Crippen molar-refractivity contribution in [3.05, 3.63) is 18.3 Å². The number of fused-ring (bicyclic) bond motifs is 2. The van der Waals surface area contributed by atoms with Crippen LogP contribution in [-0.4, -0.2) is 50.2 Å². The van der Waals surface area contributed by atoms with Crippen molar-refractivity contribution in [1.29, 1.82) is 0 Å². The van der Waals surface area contributed by atoms with Crippen molar-refractivity contribution >= 4 is 11.2 Å². The molecule has 5 rings (SSSR count). The third-order valence-electron chi connectivity index (χ3n) is 6.53. The number of imidazole rings is 1. The summed E-state index contributed by atoms with van der Waals surface area (Å²) in [6.45, 7) is 4.33. The monoisotopic (exact) mass is 397 g/mol. The summed E-state index contributed by atoms with van der Waals surface area (Å²) in [5, 5.41) is 0. The van der Waals surface area contributed by atoms with Gasteiger partial charge in [0.05, 0.1) is 12.0 Å². The average Bonchev–Trinajstić information content (AvgIpc) is 3.38. The highest BCUT2D eigenvalue weighted by atomic mass is 16.8. The highest BCUT2D eigenvalue weighted by Crippen LogP contribution is 2.44. The fourth-order valence-electron chi connectivity index (χ4n) is 5.13. The van der Waals surface area contributed by atoms with E-state index >= 15 is 0 Å². The lowest BCUT2D eigenvalue weighted by Crippen LogP contribution is -2.38. The van der Waals surface area contributed by atoms with Crippen molar-refractivity contribution in [3.8, 4) is 12.3 Å². The van der Waals surface area contributed by atoms with Gasteiger partial charge in [0.25, 0.3) is 0 Å². The van der Waals surface area contributed by atoms with Crippen LogP contribution < -0.4 is 5.73 Å². The molecule has 2 aromatic rings. The van der Waals surface area contributed by atoms with Crippen molar-refractivity contribution in [2.45, 2.75) is 81.7 Å². The Kier molecular flexibility index (Phi) is 4.40. The summed E-state index contributed by atoms with van der Waals surface area (Å²) in [7, 11) is 0. The van der Waals surface area contributed by atoms with Gasteiger partial charge in [0.2, 0.25) is 0 Å². The molecule has 0 amide bonds. The van der Waals surface area contributed by atoms with Gasteiger partial charge >= 0.3 is 0 Å². The normalized spacial score (nSPS) is 32.9. The van der Waals surface area contributed by atoms with Gasteiger partial charge < -0.3 is 19.9 Å². The Morgan fingerprint density at radius 3 is 2.66 bits per heavy atom. The van der Waals surface area contributed by atoms with E-state index in [4.69, 9.17) is 26.4 Å². The second-order valence-corrected chi connectivity index (χ2v) is 8.77. The summed E-state index contributed by atoms with van der Waals surface area (Å²) >= 11 is 0. The van der Waals surface area contributed by atoms with E-state index in [1.807, 2.05) is 18.4 Å². The first kappa shape index (κ1) is 18.9. The van der Waals surface area contributed by atoms with Gasteiger partial charge in [-0.2, -0.15) is 0 Å². The summed E-state index contributed by atoms with van der Waals surface area (Å²) in [5.74, 6) is 1.97. The van der Waals surface area contributed by atoms with Crippen molar-refractivity contribution in [2.24, 2.45) is 5.73 Å². The maximum Gasteiger partial charge on any atom is 0.167 e. The number of nitrogens with two attached hydrogens (primary N) is 1. The first-order valence-corrected chi connectivity index (χ1v) is 10.3. The topological polar surface area (TPSA) is 97.3 Å². The van der Waals surface area contributed by atoms with Crippen LogP contribution in [0.25, 0.3) is 11.2 Å². The molecule has 3 fully saturated rings. The van der Waals surface area contributed by atoms with Crippen molar-refractivity contribution in [2.75, 3.05) is 6.54 Å². The summed E-state index contributed by atoms with van der Waals surface area (Å²) < 4.78 is 20.1. The Balaban J connectivity index is 1.57. The highest BCUT2D eigenvalue weighted by molar-refractivity contribution is 5.74. The lowest BCUT2D eigenvalue weighted by atomic mass is 9.71. The number of hydrogen-bond donors (Lipinski definition) is 1. The highest BCUT2D eigenvalue weighted by Gasteiger charge is 2.56. The van der Waals surface area contributed by atoms with Gasteiger partial charge in [0.15, 0.2) is 17.7 Å². The zero-order chi connectivity index (χ0) is 20.2. The molecule has 1 saturated carbocycles. The van der Waals surface area contributed by atoms with Crippen LogP contribution >= 0.6 is 0 Å². The third kappa shape index (κ3) is 2.88. The Hall–Kier alpha value is -2.05. The van der Waals surface area contributed by atoms with Crippen LogP contribution in [-0.2, 0) is 19.6 Å². The number of terminal acetylenes is 1. The number of rotatable bonds is 3. The predicted octanol–water partition coefficient (Wildman–Crippen LogP) is 2.04. The fourth-order valence-corrected chi connectivity index (χ4v) is 5.13. The Labute approximate surface area is 170 Å². The first-order chi connectivity index (χ1) is 14.0. The zero-order valence-electron chi connectivity index (χ0n) is 16.9. The molecule has 0 unspecified atom stereocenters. The van der Waals surface area contributed by atoms with Crippen LogP contribution in [0.15, 0.2) is 12.7 Å². The van der Waals surface area contributed by atoms with E-state index in [2.05, 4.69) is 20.9 Å². The number of aromatic nitrogens is 4. The van der Waals surface area contributed by atoms with Gasteiger partial charge in [-0.1, -0.05) is 25.2 Å². The van der Waals surface area contributed by atoms with E-state index in [1.54, 1.807) is 12.7 Å². The van der Waals surface area contributed by atoms with Crippen LogP contribution in [0.2, 0.25) is 0 Å². The number of nitrogens with zero attached hydrogens (tertiary/aromatic N) is 4. The van der Waals surface area contributed by atoms with Crippen molar-refractivity contribution in [1.82, 2.24) is 19.5 Å². The van der Waals surface area contributed by atoms with E-state index < -0.39 is 18.1 Å². The molecule has 2 N–H and O–H groups in total. The van der Waals surface area contributed by atoms with E-state index in [0.717, 1.165) is 36.9 Å². The largest absolute Gasteiger partial charge is 0.341 e. The van der Waals surface area contributed by atoms with Crippen molar-refractivity contribution < 1.29 is 14.2 Å². The molecule has 29 heavy (non-hydrogen) atoms. The van der Waals surface area contributed by atoms with Crippen LogP contribution in [0, 0.1) is 12.3 Å². The molecule has 8 heteroatoms. The third-order valence-corrected chi connectivity index (χ3v) is 6.53. The Bertz CT molecular complexity index is 959. The molecular formula is C21H27N5O3. The molecular weight excluding hydrogens is 370 g/mol. The van der Waals surface area contributed by atoms with Crippen molar-refractivity contribution in [3.63, 3.8) is 0 Å². The summed E-state index contributed by atoms with van der Waals surface area (Å²) in [5.41, 5.74) is 8.53. The maximum atomic E-state index is 6.25. The molecule has 2 aromatic heterocycles.